The van der Waals surface area contributed by atoms with E-state index in [0.717, 1.165) is 38.3 Å². The van der Waals surface area contributed by atoms with E-state index in [-0.39, 0.29) is 0 Å². The summed E-state index contributed by atoms with van der Waals surface area (Å²) in [5.41, 5.74) is 8.08. The Hall–Kier alpha value is -1.65. The number of fused-ring (bicyclic) bond motifs is 1. The van der Waals surface area contributed by atoms with Gasteiger partial charge >= 0.3 is 0 Å². The first-order valence-electron chi connectivity index (χ1n) is 6.86. The van der Waals surface area contributed by atoms with E-state index in [1.165, 1.54) is 11.4 Å². The Morgan fingerprint density at radius 1 is 1.16 bits per heavy atom. The van der Waals surface area contributed by atoms with Gasteiger partial charge in [-0.3, -0.25) is 4.90 Å². The molecule has 1 aliphatic heterocycles. The molecule has 4 nitrogen and oxygen atoms in total. The second-order valence-corrected chi connectivity index (χ2v) is 5.08. The maximum atomic E-state index is 5.59. The molecule has 100 valence electrons. The van der Waals surface area contributed by atoms with E-state index in [1.54, 1.807) is 0 Å². The van der Waals surface area contributed by atoms with Gasteiger partial charge in [-0.25, -0.2) is 4.98 Å². The van der Waals surface area contributed by atoms with Crippen LogP contribution in [0, 0.1) is 0 Å². The highest BCUT2D eigenvalue weighted by Crippen LogP contribution is 2.15. The molecule has 4 heteroatoms. The second-order valence-electron chi connectivity index (χ2n) is 5.08. The van der Waals surface area contributed by atoms with Gasteiger partial charge in [-0.05, 0) is 12.1 Å². The molecule has 3 rings (SSSR count). The molecule has 0 amide bonds. The van der Waals surface area contributed by atoms with Crippen LogP contribution in [0.3, 0.4) is 0 Å². The Morgan fingerprint density at radius 2 is 2.00 bits per heavy atom. The van der Waals surface area contributed by atoms with Crippen LogP contribution in [0.1, 0.15) is 17.1 Å². The molecule has 0 unspecified atom stereocenters. The lowest BCUT2D eigenvalue weighted by molar-refractivity contribution is 0.209. The second kappa shape index (κ2) is 5.55. The number of nitrogens with two attached hydrogens (primary N) is 1. The third-order valence-corrected chi connectivity index (χ3v) is 3.58. The van der Waals surface area contributed by atoms with E-state index >= 15 is 0 Å². The van der Waals surface area contributed by atoms with Crippen LogP contribution in [0.25, 0.3) is 0 Å². The minimum Gasteiger partial charge on any atom is -0.332 e. The van der Waals surface area contributed by atoms with Gasteiger partial charge in [0.15, 0.2) is 0 Å². The van der Waals surface area contributed by atoms with Gasteiger partial charge in [0.25, 0.3) is 0 Å². The highest BCUT2D eigenvalue weighted by Gasteiger charge is 2.18. The van der Waals surface area contributed by atoms with Crippen LogP contribution >= 0.6 is 0 Å². The molecule has 0 bridgehead atoms. The van der Waals surface area contributed by atoms with E-state index in [4.69, 9.17) is 5.73 Å². The zero-order valence-electron chi connectivity index (χ0n) is 11.1. The molecular weight excluding hydrogens is 236 g/mol. The van der Waals surface area contributed by atoms with Crippen molar-refractivity contribution in [2.75, 3.05) is 13.1 Å². The molecule has 0 fully saturated rings. The van der Waals surface area contributed by atoms with Crippen LogP contribution in [0.5, 0.6) is 0 Å². The van der Waals surface area contributed by atoms with Crippen molar-refractivity contribution in [1.82, 2.24) is 14.5 Å². The molecule has 2 heterocycles. The fraction of sp³-hybridized carbons (Fsp3) is 0.400. The summed E-state index contributed by atoms with van der Waals surface area (Å²) in [7, 11) is 0. The fourth-order valence-electron chi connectivity index (χ4n) is 2.61. The van der Waals surface area contributed by atoms with Crippen molar-refractivity contribution < 1.29 is 0 Å². The van der Waals surface area contributed by atoms with Crippen LogP contribution in [0.4, 0.5) is 0 Å². The predicted molar refractivity (Wildman–Crippen MR) is 75.5 cm³/mol. The minimum absolute atomic E-state index is 0.671. The van der Waals surface area contributed by atoms with Crippen molar-refractivity contribution in [3.8, 4) is 0 Å². The number of hydrogen-bond donors (Lipinski definition) is 1. The van der Waals surface area contributed by atoms with E-state index in [9.17, 15) is 0 Å². The van der Waals surface area contributed by atoms with Gasteiger partial charge in [0.2, 0.25) is 0 Å². The molecular formula is C15H20N4. The number of hydrogen-bond acceptors (Lipinski definition) is 3. The van der Waals surface area contributed by atoms with E-state index in [0.29, 0.717) is 6.54 Å². The lowest BCUT2D eigenvalue weighted by atomic mass is 10.2. The van der Waals surface area contributed by atoms with Crippen molar-refractivity contribution >= 4 is 0 Å². The number of benzene rings is 1. The maximum absolute atomic E-state index is 5.59. The molecule has 2 aromatic rings. The zero-order chi connectivity index (χ0) is 13.1. The number of nitrogens with zero attached hydrogens (tertiary/aromatic N) is 3. The molecule has 0 spiro atoms. The first-order valence-corrected chi connectivity index (χ1v) is 6.86. The van der Waals surface area contributed by atoms with Gasteiger partial charge in [-0.1, -0.05) is 30.3 Å². The smallest absolute Gasteiger partial charge is 0.123 e. The molecule has 0 saturated carbocycles. The number of imidazole rings is 1. The van der Waals surface area contributed by atoms with Crippen LogP contribution in [-0.4, -0.2) is 27.5 Å². The fourth-order valence-corrected chi connectivity index (χ4v) is 2.61. The summed E-state index contributed by atoms with van der Waals surface area (Å²) in [5.74, 6) is 1.17. The quantitative estimate of drug-likeness (QED) is 0.899. The molecule has 0 atom stereocenters. The Balaban J connectivity index is 1.68. The summed E-state index contributed by atoms with van der Waals surface area (Å²) < 4.78 is 2.27. The molecule has 2 N–H and O–H groups in total. The molecule has 1 aliphatic rings. The van der Waals surface area contributed by atoms with Gasteiger partial charge in [-0.15, -0.1) is 0 Å². The van der Waals surface area contributed by atoms with Crippen molar-refractivity contribution in [2.45, 2.75) is 26.1 Å². The normalized spacial score (nSPS) is 15.4. The third-order valence-electron chi connectivity index (χ3n) is 3.58. The van der Waals surface area contributed by atoms with Crippen LogP contribution in [-0.2, 0) is 26.1 Å². The lowest BCUT2D eigenvalue weighted by Gasteiger charge is -2.27. The SMILES string of the molecule is NCCc1cn2c(n1)CN(Cc1ccccc1)CC2. The van der Waals surface area contributed by atoms with Gasteiger partial charge in [0, 0.05) is 32.3 Å². The van der Waals surface area contributed by atoms with Gasteiger partial charge < -0.3 is 10.3 Å². The first-order chi connectivity index (χ1) is 9.35. The molecule has 19 heavy (non-hydrogen) atoms. The zero-order valence-corrected chi connectivity index (χ0v) is 11.1. The van der Waals surface area contributed by atoms with Crippen molar-refractivity contribution in [3.63, 3.8) is 0 Å². The predicted octanol–water partition coefficient (Wildman–Crippen LogP) is 1.40. The molecule has 0 aliphatic carbocycles. The third kappa shape index (κ3) is 2.85. The molecule has 0 radical (unpaired) electrons. The Morgan fingerprint density at radius 3 is 2.79 bits per heavy atom. The Kier molecular flexibility index (Phi) is 3.62. The molecule has 1 aromatic carbocycles. The number of aromatic nitrogens is 2. The van der Waals surface area contributed by atoms with Crippen LogP contribution < -0.4 is 5.73 Å². The minimum atomic E-state index is 0.671. The topological polar surface area (TPSA) is 47.1 Å². The average molecular weight is 256 g/mol. The van der Waals surface area contributed by atoms with Gasteiger partial charge in [-0.2, -0.15) is 0 Å². The van der Waals surface area contributed by atoms with E-state index in [2.05, 4.69) is 51.0 Å². The van der Waals surface area contributed by atoms with E-state index < -0.39 is 0 Å². The average Bonchev–Trinajstić information content (AvgIpc) is 2.82. The van der Waals surface area contributed by atoms with Crippen molar-refractivity contribution in [2.24, 2.45) is 5.73 Å². The summed E-state index contributed by atoms with van der Waals surface area (Å²) in [6.07, 6.45) is 3.03. The maximum Gasteiger partial charge on any atom is 0.123 e. The summed E-state index contributed by atoms with van der Waals surface area (Å²) >= 11 is 0. The van der Waals surface area contributed by atoms with Crippen molar-refractivity contribution in [1.29, 1.82) is 0 Å². The van der Waals surface area contributed by atoms with Crippen LogP contribution in [0.2, 0.25) is 0 Å². The summed E-state index contributed by atoms with van der Waals surface area (Å²) in [6, 6.07) is 10.6. The highest BCUT2D eigenvalue weighted by molar-refractivity contribution is 5.15. The van der Waals surface area contributed by atoms with E-state index in [1.807, 2.05) is 0 Å². The van der Waals surface area contributed by atoms with Gasteiger partial charge in [0.05, 0.1) is 12.2 Å². The summed E-state index contributed by atoms with van der Waals surface area (Å²) in [4.78, 5) is 7.12. The molecule has 1 aromatic heterocycles. The monoisotopic (exact) mass is 256 g/mol. The summed E-state index contributed by atoms with van der Waals surface area (Å²) in [6.45, 7) is 4.71. The summed E-state index contributed by atoms with van der Waals surface area (Å²) in [5, 5.41) is 0. The lowest BCUT2D eigenvalue weighted by Crippen LogP contribution is -2.33. The first kappa shape index (κ1) is 12.4. The Labute approximate surface area is 113 Å². The largest absolute Gasteiger partial charge is 0.332 e. The Bertz CT molecular complexity index is 532. The van der Waals surface area contributed by atoms with Gasteiger partial charge in [0.1, 0.15) is 5.82 Å². The van der Waals surface area contributed by atoms with Crippen molar-refractivity contribution in [3.05, 3.63) is 53.6 Å². The number of rotatable bonds is 4. The van der Waals surface area contributed by atoms with Crippen LogP contribution in [0.15, 0.2) is 36.5 Å². The standard InChI is InChI=1S/C15H20N4/c16-7-6-14-11-19-9-8-18(12-15(19)17-14)10-13-4-2-1-3-5-13/h1-5,11H,6-10,12,16H2. The highest BCUT2D eigenvalue weighted by atomic mass is 15.2. The molecule has 0 saturated heterocycles.